The summed E-state index contributed by atoms with van der Waals surface area (Å²) in [6, 6.07) is 12.6. The van der Waals surface area contributed by atoms with Crippen LogP contribution in [0.4, 0.5) is 15.8 Å². The third-order valence-electron chi connectivity index (χ3n) is 6.92. The van der Waals surface area contributed by atoms with E-state index in [9.17, 15) is 14.0 Å². The third kappa shape index (κ3) is 6.87. The topological polar surface area (TPSA) is 59.1 Å². The van der Waals surface area contributed by atoms with Gasteiger partial charge in [-0.25, -0.2) is 4.39 Å². The second kappa shape index (κ2) is 12.8. The first kappa shape index (κ1) is 27.5. The van der Waals surface area contributed by atoms with E-state index in [-0.39, 0.29) is 24.1 Å². The third-order valence-corrected chi connectivity index (χ3v) is 8.06. The van der Waals surface area contributed by atoms with Crippen LogP contribution in [-0.4, -0.2) is 89.7 Å². The van der Waals surface area contributed by atoms with E-state index in [1.165, 1.54) is 24.3 Å². The SMILES string of the molecule is CCN1CCN(CCCN2C(=S)N(c3cccc(SC)c3)C(=O)C2CC(=O)Nc2ccc(F)cc2)CC1. The van der Waals surface area contributed by atoms with Gasteiger partial charge in [0.15, 0.2) is 5.11 Å². The minimum atomic E-state index is -0.692. The lowest BCUT2D eigenvalue weighted by Crippen LogP contribution is -2.47. The number of halogens is 1. The summed E-state index contributed by atoms with van der Waals surface area (Å²) in [5.41, 5.74) is 1.20. The first-order valence-corrected chi connectivity index (χ1v) is 14.3. The number of nitrogens with one attached hydrogen (secondary N) is 1. The smallest absolute Gasteiger partial charge is 0.256 e. The molecule has 7 nitrogen and oxygen atoms in total. The van der Waals surface area contributed by atoms with Gasteiger partial charge in [-0.15, -0.1) is 11.8 Å². The Hall–Kier alpha value is -2.53. The van der Waals surface area contributed by atoms with Gasteiger partial charge >= 0.3 is 0 Å². The summed E-state index contributed by atoms with van der Waals surface area (Å²) in [6.45, 7) is 8.99. The average molecular weight is 544 g/mol. The number of carbonyl (C=O) groups excluding carboxylic acids is 2. The summed E-state index contributed by atoms with van der Waals surface area (Å²) in [6.07, 6.45) is 2.79. The molecular weight excluding hydrogens is 509 g/mol. The standard InChI is InChI=1S/C27H34FN5O2S2/c1-3-30-14-16-31(17-15-30)12-5-13-32-24(19-25(34)29-21-10-8-20(28)9-11-21)26(35)33(27(32)36)22-6-4-7-23(18-22)37-2/h4,6-11,18,24H,3,5,12-17,19H2,1-2H3,(H,29,34). The van der Waals surface area contributed by atoms with Crippen LogP contribution in [0.25, 0.3) is 0 Å². The van der Waals surface area contributed by atoms with Crippen molar-refractivity contribution >= 4 is 52.3 Å². The quantitative estimate of drug-likeness (QED) is 0.360. The van der Waals surface area contributed by atoms with Crippen LogP contribution in [0.1, 0.15) is 19.8 Å². The Bertz CT molecular complexity index is 1110. The minimum Gasteiger partial charge on any atom is -0.336 e. The van der Waals surface area contributed by atoms with Crippen LogP contribution in [-0.2, 0) is 9.59 Å². The highest BCUT2D eigenvalue weighted by Crippen LogP contribution is 2.30. The van der Waals surface area contributed by atoms with Crippen LogP contribution in [0.3, 0.4) is 0 Å². The Kier molecular flexibility index (Phi) is 9.53. The van der Waals surface area contributed by atoms with Crippen LogP contribution in [0.5, 0.6) is 0 Å². The maximum absolute atomic E-state index is 13.6. The van der Waals surface area contributed by atoms with Gasteiger partial charge in [0.1, 0.15) is 11.9 Å². The lowest BCUT2D eigenvalue weighted by atomic mass is 10.1. The van der Waals surface area contributed by atoms with Crippen molar-refractivity contribution in [3.8, 4) is 0 Å². The second-order valence-corrected chi connectivity index (χ2v) is 10.5. The Morgan fingerprint density at radius 1 is 1.08 bits per heavy atom. The molecule has 4 rings (SSSR count). The maximum atomic E-state index is 13.6. The fraction of sp³-hybridized carbons (Fsp3) is 0.444. The summed E-state index contributed by atoms with van der Waals surface area (Å²) in [5, 5.41) is 3.21. The molecule has 1 unspecified atom stereocenters. The molecule has 0 radical (unpaired) electrons. The molecule has 0 saturated carbocycles. The zero-order valence-corrected chi connectivity index (χ0v) is 23.0. The highest BCUT2D eigenvalue weighted by Gasteiger charge is 2.44. The number of hydrogen-bond acceptors (Lipinski definition) is 6. The molecule has 2 aromatic rings. The van der Waals surface area contributed by atoms with Gasteiger partial charge in [-0.2, -0.15) is 0 Å². The Morgan fingerprint density at radius 3 is 2.46 bits per heavy atom. The molecule has 10 heteroatoms. The highest BCUT2D eigenvalue weighted by atomic mass is 32.2. The number of thiocarbonyl (C=S) groups is 1. The molecular formula is C27H34FN5O2S2. The van der Waals surface area contributed by atoms with E-state index in [4.69, 9.17) is 12.2 Å². The van der Waals surface area contributed by atoms with Crippen molar-refractivity contribution in [1.29, 1.82) is 0 Å². The van der Waals surface area contributed by atoms with Gasteiger partial charge in [0.05, 0.1) is 12.1 Å². The zero-order chi connectivity index (χ0) is 26.4. The van der Waals surface area contributed by atoms with E-state index < -0.39 is 6.04 Å². The first-order chi connectivity index (χ1) is 17.9. The molecule has 2 aromatic carbocycles. The van der Waals surface area contributed by atoms with Crippen LogP contribution >= 0.6 is 24.0 Å². The van der Waals surface area contributed by atoms with Gasteiger partial charge in [0.2, 0.25) is 5.91 Å². The van der Waals surface area contributed by atoms with Gasteiger partial charge in [-0.3, -0.25) is 14.5 Å². The first-order valence-electron chi connectivity index (χ1n) is 12.7. The van der Waals surface area contributed by atoms with E-state index in [0.717, 1.165) is 50.6 Å². The van der Waals surface area contributed by atoms with Gasteiger partial charge in [0, 0.05) is 43.3 Å². The maximum Gasteiger partial charge on any atom is 0.256 e. The van der Waals surface area contributed by atoms with Crippen molar-refractivity contribution in [3.05, 3.63) is 54.3 Å². The molecule has 198 valence electrons. The largest absolute Gasteiger partial charge is 0.336 e. The number of amides is 2. The molecule has 2 fully saturated rings. The van der Waals surface area contributed by atoms with Crippen LogP contribution in [0, 0.1) is 5.82 Å². The summed E-state index contributed by atoms with van der Waals surface area (Å²) in [4.78, 5) is 35.9. The molecule has 37 heavy (non-hydrogen) atoms. The average Bonchev–Trinajstić information content (AvgIpc) is 3.14. The second-order valence-electron chi connectivity index (χ2n) is 9.26. The number of piperazine rings is 1. The Balaban J connectivity index is 1.46. The molecule has 2 aliphatic rings. The van der Waals surface area contributed by atoms with Crippen molar-refractivity contribution in [1.82, 2.24) is 14.7 Å². The molecule has 0 spiro atoms. The molecule has 1 atom stereocenters. The normalized spacial score (nSPS) is 19.1. The predicted octanol–water partition coefficient (Wildman–Crippen LogP) is 3.91. The monoisotopic (exact) mass is 543 g/mol. The Labute approximate surface area is 228 Å². The lowest BCUT2D eigenvalue weighted by Gasteiger charge is -2.34. The van der Waals surface area contributed by atoms with Crippen molar-refractivity contribution in [2.75, 3.05) is 62.3 Å². The van der Waals surface area contributed by atoms with E-state index in [1.54, 1.807) is 16.7 Å². The fourth-order valence-corrected chi connectivity index (χ4v) is 5.66. The fourth-order valence-electron chi connectivity index (χ4n) is 4.79. The van der Waals surface area contributed by atoms with E-state index in [0.29, 0.717) is 23.0 Å². The van der Waals surface area contributed by atoms with Crippen LogP contribution < -0.4 is 10.2 Å². The van der Waals surface area contributed by atoms with Crippen molar-refractivity contribution in [2.24, 2.45) is 0 Å². The van der Waals surface area contributed by atoms with Crippen molar-refractivity contribution < 1.29 is 14.0 Å². The lowest BCUT2D eigenvalue weighted by molar-refractivity contribution is -0.124. The highest BCUT2D eigenvalue weighted by molar-refractivity contribution is 7.98. The number of nitrogens with zero attached hydrogens (tertiary/aromatic N) is 4. The number of benzene rings is 2. The van der Waals surface area contributed by atoms with Gasteiger partial charge in [-0.05, 0) is 80.4 Å². The number of rotatable bonds is 10. The van der Waals surface area contributed by atoms with Gasteiger partial charge in [-0.1, -0.05) is 13.0 Å². The molecule has 0 aliphatic carbocycles. The minimum absolute atomic E-state index is 0.0375. The number of carbonyl (C=O) groups is 2. The van der Waals surface area contributed by atoms with Crippen molar-refractivity contribution in [3.63, 3.8) is 0 Å². The molecule has 0 bridgehead atoms. The van der Waals surface area contributed by atoms with E-state index in [1.807, 2.05) is 35.4 Å². The summed E-state index contributed by atoms with van der Waals surface area (Å²) in [7, 11) is 0. The van der Waals surface area contributed by atoms with Crippen molar-refractivity contribution in [2.45, 2.75) is 30.7 Å². The molecule has 2 aliphatic heterocycles. The summed E-state index contributed by atoms with van der Waals surface area (Å²) < 4.78 is 13.3. The molecule has 1 N–H and O–H groups in total. The number of likely N-dealkylation sites (N-methyl/N-ethyl adjacent to an activating group) is 1. The molecule has 2 amide bonds. The number of thioether (sulfide) groups is 1. The Morgan fingerprint density at radius 2 is 1.78 bits per heavy atom. The van der Waals surface area contributed by atoms with Gasteiger partial charge in [0.25, 0.3) is 5.91 Å². The number of hydrogen-bond donors (Lipinski definition) is 1. The van der Waals surface area contributed by atoms with E-state index in [2.05, 4.69) is 22.0 Å². The summed E-state index contributed by atoms with van der Waals surface area (Å²) >= 11 is 7.40. The molecule has 2 heterocycles. The van der Waals surface area contributed by atoms with E-state index >= 15 is 0 Å². The van der Waals surface area contributed by atoms with Crippen LogP contribution in [0.15, 0.2) is 53.4 Å². The molecule has 2 saturated heterocycles. The number of anilines is 2. The predicted molar refractivity (Wildman–Crippen MR) is 152 cm³/mol. The van der Waals surface area contributed by atoms with Crippen LogP contribution in [0.2, 0.25) is 0 Å². The zero-order valence-electron chi connectivity index (χ0n) is 21.4. The molecule has 0 aromatic heterocycles. The van der Waals surface area contributed by atoms with Gasteiger partial charge < -0.3 is 20.0 Å². The summed E-state index contributed by atoms with van der Waals surface area (Å²) in [5.74, 6) is -0.887.